The molecule has 1 aromatic carbocycles. The Morgan fingerprint density at radius 2 is 2.00 bits per heavy atom. The molecule has 0 unspecified atom stereocenters. The molecule has 0 saturated heterocycles. The summed E-state index contributed by atoms with van der Waals surface area (Å²) < 4.78 is 0. The van der Waals surface area contributed by atoms with Gasteiger partial charge in [-0.25, -0.2) is 0 Å². The van der Waals surface area contributed by atoms with Gasteiger partial charge in [0.15, 0.2) is 0 Å². The molecule has 2 rings (SSSR count). The van der Waals surface area contributed by atoms with E-state index in [2.05, 4.69) is 49.2 Å². The second kappa shape index (κ2) is 4.10. The van der Waals surface area contributed by atoms with Crippen LogP contribution in [0, 0.1) is 20.8 Å². The van der Waals surface area contributed by atoms with Gasteiger partial charge >= 0.3 is 0 Å². The molecule has 0 spiro atoms. The molecule has 3 N–H and O–H groups in total. The Kier molecular flexibility index (Phi) is 2.79. The molecule has 0 aliphatic rings. The smallest absolute Gasteiger partial charge is 0.0955 e. The maximum absolute atomic E-state index is 5.64. The number of aromatic nitrogens is 2. The molecule has 0 saturated carbocycles. The predicted molar refractivity (Wildman–Crippen MR) is 66.1 cm³/mol. The molecular weight excluding hydrogens is 198 g/mol. The van der Waals surface area contributed by atoms with Gasteiger partial charge in [-0.2, -0.15) is 5.10 Å². The molecule has 0 atom stereocenters. The Balaban J connectivity index is 2.58. The van der Waals surface area contributed by atoms with Gasteiger partial charge in [-0.3, -0.25) is 5.10 Å². The van der Waals surface area contributed by atoms with Crippen LogP contribution in [-0.4, -0.2) is 10.2 Å². The van der Waals surface area contributed by atoms with Crippen LogP contribution in [0.3, 0.4) is 0 Å². The van der Waals surface area contributed by atoms with Gasteiger partial charge in [0.1, 0.15) is 0 Å². The minimum absolute atomic E-state index is 0.504. The minimum atomic E-state index is 0.504. The van der Waals surface area contributed by atoms with Crippen molar-refractivity contribution in [1.29, 1.82) is 0 Å². The average Bonchev–Trinajstić information content (AvgIpc) is 2.63. The van der Waals surface area contributed by atoms with Crippen LogP contribution in [0.15, 0.2) is 18.2 Å². The summed E-state index contributed by atoms with van der Waals surface area (Å²) in [6, 6.07) is 6.41. The number of nitrogens with one attached hydrogen (secondary N) is 1. The Morgan fingerprint density at radius 1 is 1.25 bits per heavy atom. The third-order valence-corrected chi connectivity index (χ3v) is 2.96. The van der Waals surface area contributed by atoms with Crippen LogP contribution in [0.5, 0.6) is 0 Å². The summed E-state index contributed by atoms with van der Waals surface area (Å²) in [6.07, 6.45) is 0. The van der Waals surface area contributed by atoms with E-state index in [4.69, 9.17) is 5.73 Å². The first-order valence-corrected chi connectivity index (χ1v) is 5.45. The van der Waals surface area contributed by atoms with Crippen LogP contribution in [0.25, 0.3) is 11.3 Å². The highest BCUT2D eigenvalue weighted by Gasteiger charge is 2.11. The Labute approximate surface area is 95.7 Å². The third-order valence-electron chi connectivity index (χ3n) is 2.96. The van der Waals surface area contributed by atoms with Crippen LogP contribution in [0.2, 0.25) is 0 Å². The van der Waals surface area contributed by atoms with E-state index in [1.54, 1.807) is 0 Å². The lowest BCUT2D eigenvalue weighted by Gasteiger charge is -2.05. The third kappa shape index (κ3) is 1.74. The zero-order chi connectivity index (χ0) is 11.7. The molecule has 1 heterocycles. The van der Waals surface area contributed by atoms with Crippen LogP contribution in [-0.2, 0) is 6.54 Å². The number of hydrogen-bond acceptors (Lipinski definition) is 2. The highest BCUT2D eigenvalue weighted by Crippen LogP contribution is 2.26. The van der Waals surface area contributed by atoms with Gasteiger partial charge < -0.3 is 5.73 Å². The average molecular weight is 215 g/mol. The van der Waals surface area contributed by atoms with Gasteiger partial charge in [-0.1, -0.05) is 17.7 Å². The molecule has 0 radical (unpaired) electrons. The molecular formula is C13H17N3. The standard InChI is InChI=1S/C13H17N3/c1-8-4-5-9(2)11(6-8)13-10(3)12(7-14)15-16-13/h4-6H,7,14H2,1-3H3,(H,15,16). The highest BCUT2D eigenvalue weighted by molar-refractivity contribution is 5.67. The maximum Gasteiger partial charge on any atom is 0.0955 e. The summed E-state index contributed by atoms with van der Waals surface area (Å²) in [5.74, 6) is 0. The van der Waals surface area contributed by atoms with E-state index in [9.17, 15) is 0 Å². The number of rotatable bonds is 2. The van der Waals surface area contributed by atoms with E-state index in [0.717, 1.165) is 17.0 Å². The van der Waals surface area contributed by atoms with E-state index in [0.29, 0.717) is 6.54 Å². The van der Waals surface area contributed by atoms with E-state index in [1.807, 2.05) is 0 Å². The van der Waals surface area contributed by atoms with E-state index < -0.39 is 0 Å². The SMILES string of the molecule is Cc1ccc(C)c(-c2n[nH]c(CN)c2C)c1. The first-order valence-electron chi connectivity index (χ1n) is 5.45. The second-order valence-electron chi connectivity index (χ2n) is 4.20. The monoisotopic (exact) mass is 215 g/mol. The number of hydrogen-bond donors (Lipinski definition) is 2. The maximum atomic E-state index is 5.64. The van der Waals surface area contributed by atoms with Crippen molar-refractivity contribution in [2.45, 2.75) is 27.3 Å². The molecule has 0 aliphatic carbocycles. The summed E-state index contributed by atoms with van der Waals surface area (Å²) in [5, 5.41) is 7.35. The molecule has 0 bridgehead atoms. The first kappa shape index (κ1) is 10.9. The zero-order valence-electron chi connectivity index (χ0n) is 9.96. The van der Waals surface area contributed by atoms with E-state index in [-0.39, 0.29) is 0 Å². The molecule has 0 amide bonds. The van der Waals surface area contributed by atoms with Gasteiger partial charge in [0.25, 0.3) is 0 Å². The van der Waals surface area contributed by atoms with Crippen LogP contribution in [0.1, 0.15) is 22.4 Å². The summed E-state index contributed by atoms with van der Waals surface area (Å²) >= 11 is 0. The number of H-pyrrole nitrogens is 1. The van der Waals surface area contributed by atoms with Crippen molar-refractivity contribution in [3.63, 3.8) is 0 Å². The first-order chi connectivity index (χ1) is 7.63. The number of nitrogens with two attached hydrogens (primary N) is 1. The second-order valence-corrected chi connectivity index (χ2v) is 4.20. The Bertz CT molecular complexity index is 512. The van der Waals surface area contributed by atoms with Crippen LogP contribution < -0.4 is 5.73 Å². The van der Waals surface area contributed by atoms with E-state index in [1.165, 1.54) is 16.7 Å². The summed E-state index contributed by atoms with van der Waals surface area (Å²) in [6.45, 7) is 6.76. The quantitative estimate of drug-likeness (QED) is 0.808. The molecule has 16 heavy (non-hydrogen) atoms. The number of benzene rings is 1. The van der Waals surface area contributed by atoms with E-state index >= 15 is 0 Å². The lowest BCUT2D eigenvalue weighted by molar-refractivity contribution is 0.941. The summed E-state index contributed by atoms with van der Waals surface area (Å²) in [7, 11) is 0. The topological polar surface area (TPSA) is 54.7 Å². The van der Waals surface area contributed by atoms with Crippen molar-refractivity contribution in [3.05, 3.63) is 40.6 Å². The molecule has 0 fully saturated rings. The number of nitrogens with zero attached hydrogens (tertiary/aromatic N) is 1. The van der Waals surface area contributed by atoms with Crippen molar-refractivity contribution < 1.29 is 0 Å². The molecule has 84 valence electrons. The highest BCUT2D eigenvalue weighted by atomic mass is 15.1. The Hall–Kier alpha value is -1.61. The van der Waals surface area contributed by atoms with Crippen molar-refractivity contribution >= 4 is 0 Å². The van der Waals surface area contributed by atoms with Crippen LogP contribution in [0.4, 0.5) is 0 Å². The largest absolute Gasteiger partial charge is 0.325 e. The van der Waals surface area contributed by atoms with Crippen molar-refractivity contribution in [2.24, 2.45) is 5.73 Å². The fourth-order valence-electron chi connectivity index (χ4n) is 1.89. The number of aromatic amines is 1. The lowest BCUT2D eigenvalue weighted by atomic mass is 10.00. The number of aryl methyl sites for hydroxylation is 2. The fraction of sp³-hybridized carbons (Fsp3) is 0.308. The molecule has 3 heteroatoms. The fourth-order valence-corrected chi connectivity index (χ4v) is 1.89. The molecule has 0 aliphatic heterocycles. The van der Waals surface area contributed by atoms with Gasteiger partial charge in [0.2, 0.25) is 0 Å². The molecule has 1 aromatic heterocycles. The van der Waals surface area contributed by atoms with Gasteiger partial charge in [0.05, 0.1) is 11.4 Å². The van der Waals surface area contributed by atoms with Gasteiger partial charge in [-0.15, -0.1) is 0 Å². The molecule has 2 aromatic rings. The van der Waals surface area contributed by atoms with Crippen molar-refractivity contribution in [2.75, 3.05) is 0 Å². The zero-order valence-corrected chi connectivity index (χ0v) is 9.96. The normalized spacial score (nSPS) is 10.8. The van der Waals surface area contributed by atoms with Crippen molar-refractivity contribution in [3.8, 4) is 11.3 Å². The minimum Gasteiger partial charge on any atom is -0.325 e. The van der Waals surface area contributed by atoms with Gasteiger partial charge in [-0.05, 0) is 38.0 Å². The lowest BCUT2D eigenvalue weighted by Crippen LogP contribution is -1.98. The molecule has 3 nitrogen and oxygen atoms in total. The Morgan fingerprint density at radius 3 is 2.62 bits per heavy atom. The van der Waals surface area contributed by atoms with Crippen molar-refractivity contribution in [1.82, 2.24) is 10.2 Å². The summed E-state index contributed by atoms with van der Waals surface area (Å²) in [5.41, 5.74) is 12.5. The van der Waals surface area contributed by atoms with Crippen LogP contribution >= 0.6 is 0 Å². The summed E-state index contributed by atoms with van der Waals surface area (Å²) in [4.78, 5) is 0. The predicted octanol–water partition coefficient (Wildman–Crippen LogP) is 2.46. The van der Waals surface area contributed by atoms with Gasteiger partial charge in [0, 0.05) is 12.1 Å².